The Labute approximate surface area is 124 Å². The molecule has 1 rings (SSSR count). The molecule has 0 amide bonds. The van der Waals surface area contributed by atoms with Gasteiger partial charge in [-0.3, -0.25) is 4.79 Å². The highest BCUT2D eigenvalue weighted by atomic mass is 79.9. The fraction of sp³-hybridized carbons (Fsp3) is 0.364. The molecule has 1 atom stereocenters. The van der Waals surface area contributed by atoms with Gasteiger partial charge in [-0.15, -0.1) is 0 Å². The maximum absolute atomic E-state index is 12.3. The molecule has 0 aliphatic rings. The van der Waals surface area contributed by atoms with Crippen LogP contribution in [0.4, 0.5) is 13.2 Å². The summed E-state index contributed by atoms with van der Waals surface area (Å²) in [6.45, 7) is 1.42. The van der Waals surface area contributed by atoms with Crippen LogP contribution in [0, 0.1) is 0 Å². The van der Waals surface area contributed by atoms with Crippen LogP contribution in [-0.2, 0) is 10.1 Å². The Morgan fingerprint density at radius 3 is 2.50 bits per heavy atom. The van der Waals surface area contributed by atoms with Crippen LogP contribution < -0.4 is 0 Å². The van der Waals surface area contributed by atoms with Crippen molar-refractivity contribution in [3.05, 3.63) is 29.3 Å². The average Bonchev–Trinajstić information content (AvgIpc) is 2.26. The quantitative estimate of drug-likeness (QED) is 0.504. The number of rotatable bonds is 4. The number of thioether (sulfide) groups is 1. The van der Waals surface area contributed by atoms with Gasteiger partial charge in [0, 0.05) is 10.2 Å². The lowest BCUT2D eigenvalue weighted by atomic mass is 10.1. The topological polar surface area (TPSA) is 17.1 Å². The fourth-order valence-corrected chi connectivity index (χ4v) is 2.90. The number of carbonyl (C=O) groups excluding carboxylic acids is 1. The predicted octanol–water partition coefficient (Wildman–Crippen LogP) is 5.22. The number of hydrogen-bond donors (Lipinski definition) is 0. The van der Waals surface area contributed by atoms with E-state index in [2.05, 4.69) is 31.9 Å². The molecule has 0 aromatic heterocycles. The van der Waals surface area contributed by atoms with Crippen LogP contribution in [0.3, 0.4) is 0 Å². The van der Waals surface area contributed by atoms with E-state index in [4.69, 9.17) is 0 Å². The van der Waals surface area contributed by atoms with E-state index in [1.807, 2.05) is 0 Å². The minimum Gasteiger partial charge on any atom is -0.298 e. The second-order valence-corrected chi connectivity index (χ2v) is 6.11. The molecule has 0 saturated heterocycles. The lowest BCUT2D eigenvalue weighted by Crippen LogP contribution is -2.04. The highest BCUT2D eigenvalue weighted by Gasteiger charge is 2.30. The zero-order valence-corrected chi connectivity index (χ0v) is 13.2. The zero-order valence-electron chi connectivity index (χ0n) is 9.22. The van der Waals surface area contributed by atoms with E-state index in [1.165, 1.54) is 19.1 Å². The van der Waals surface area contributed by atoms with E-state index in [0.29, 0.717) is 16.5 Å². The molecule has 0 spiro atoms. The second-order valence-electron chi connectivity index (χ2n) is 3.52. The van der Waals surface area contributed by atoms with Gasteiger partial charge < -0.3 is 0 Å². The molecule has 1 unspecified atom stereocenters. The molecule has 0 saturated carbocycles. The van der Waals surface area contributed by atoms with Crippen LogP contribution in [0.5, 0.6) is 0 Å². The van der Waals surface area contributed by atoms with Crippen molar-refractivity contribution in [1.29, 1.82) is 0 Å². The summed E-state index contributed by atoms with van der Waals surface area (Å²) >= 11 is 6.21. The van der Waals surface area contributed by atoms with Crippen LogP contribution in [0.2, 0.25) is 0 Å². The molecule has 0 aliphatic carbocycles. The van der Waals surface area contributed by atoms with Crippen LogP contribution in [0.25, 0.3) is 0 Å². The molecule has 0 fully saturated rings. The lowest BCUT2D eigenvalue weighted by Gasteiger charge is -2.13. The summed E-state index contributed by atoms with van der Waals surface area (Å²) in [5.74, 6) is -0.0910. The van der Waals surface area contributed by atoms with Gasteiger partial charge in [-0.05, 0) is 35.9 Å². The van der Waals surface area contributed by atoms with Gasteiger partial charge in [0.05, 0.1) is 4.83 Å². The van der Waals surface area contributed by atoms with Crippen molar-refractivity contribution < 1.29 is 18.0 Å². The van der Waals surface area contributed by atoms with E-state index < -0.39 is 10.3 Å². The standard InChI is InChI=1S/C11H9Br2F3OS/c1-6(17)10(13)7-2-3-9(8(4-7)5-12)18-11(14,15)16/h2-4,10H,5H2,1H3. The predicted molar refractivity (Wildman–Crippen MR) is 73.3 cm³/mol. The largest absolute Gasteiger partial charge is 0.446 e. The number of alkyl halides is 5. The molecule has 0 radical (unpaired) electrons. The van der Waals surface area contributed by atoms with E-state index in [9.17, 15) is 18.0 Å². The Bertz CT molecular complexity index is 448. The molecule has 100 valence electrons. The summed E-state index contributed by atoms with van der Waals surface area (Å²) in [4.78, 5) is 10.9. The first-order valence-electron chi connectivity index (χ1n) is 4.83. The van der Waals surface area contributed by atoms with Crippen LogP contribution in [-0.4, -0.2) is 11.3 Å². The van der Waals surface area contributed by atoms with Crippen LogP contribution >= 0.6 is 43.6 Å². The normalized spacial score (nSPS) is 13.4. The summed E-state index contributed by atoms with van der Waals surface area (Å²) in [5.41, 5.74) is -3.14. The van der Waals surface area contributed by atoms with Gasteiger partial charge >= 0.3 is 5.51 Å². The zero-order chi connectivity index (χ0) is 13.9. The monoisotopic (exact) mass is 404 g/mol. The molecule has 7 heteroatoms. The highest BCUT2D eigenvalue weighted by Crippen LogP contribution is 2.40. The van der Waals surface area contributed by atoms with Gasteiger partial charge in [0.25, 0.3) is 0 Å². The number of carbonyl (C=O) groups is 1. The molecule has 0 heterocycles. The number of ketones is 1. The summed E-state index contributed by atoms with van der Waals surface area (Å²) in [6, 6.07) is 4.52. The highest BCUT2D eigenvalue weighted by molar-refractivity contribution is 9.09. The fourth-order valence-electron chi connectivity index (χ4n) is 1.32. The Balaban J connectivity index is 3.07. The first kappa shape index (κ1) is 16.0. The third-order valence-electron chi connectivity index (χ3n) is 2.10. The van der Waals surface area contributed by atoms with Crippen LogP contribution in [0.1, 0.15) is 22.9 Å². The van der Waals surface area contributed by atoms with Crippen molar-refractivity contribution in [3.63, 3.8) is 0 Å². The average molecular weight is 406 g/mol. The Hall–Kier alpha value is -0.0100. The van der Waals surface area contributed by atoms with Gasteiger partial charge in [-0.25, -0.2) is 0 Å². The lowest BCUT2D eigenvalue weighted by molar-refractivity contribution is -0.116. The SMILES string of the molecule is CC(=O)C(Br)c1ccc(SC(F)(F)F)c(CBr)c1. The molecule has 0 bridgehead atoms. The molecular weight excluding hydrogens is 397 g/mol. The number of benzene rings is 1. The Morgan fingerprint density at radius 1 is 1.44 bits per heavy atom. The summed E-state index contributed by atoms with van der Waals surface area (Å²) in [6.07, 6.45) is 0. The van der Waals surface area contributed by atoms with Gasteiger partial charge in [0.2, 0.25) is 0 Å². The van der Waals surface area contributed by atoms with E-state index >= 15 is 0 Å². The number of hydrogen-bond acceptors (Lipinski definition) is 2. The van der Waals surface area contributed by atoms with Crippen molar-refractivity contribution in [3.8, 4) is 0 Å². The third-order valence-corrected chi connectivity index (χ3v) is 4.73. The maximum Gasteiger partial charge on any atom is 0.446 e. The number of halogens is 5. The second kappa shape index (κ2) is 6.43. The first-order valence-corrected chi connectivity index (χ1v) is 7.69. The summed E-state index contributed by atoms with van der Waals surface area (Å²) < 4.78 is 37.0. The first-order chi connectivity index (χ1) is 8.24. The molecule has 1 aromatic carbocycles. The smallest absolute Gasteiger partial charge is 0.298 e. The molecule has 1 aromatic rings. The van der Waals surface area contributed by atoms with Crippen molar-refractivity contribution in [1.82, 2.24) is 0 Å². The maximum atomic E-state index is 12.3. The van der Waals surface area contributed by atoms with Crippen molar-refractivity contribution in [2.75, 3.05) is 0 Å². The molecule has 0 N–H and O–H groups in total. The number of Topliss-reactive ketones (excluding diaryl/α,β-unsaturated/α-hetero) is 1. The van der Waals surface area contributed by atoms with Crippen molar-refractivity contribution in [2.24, 2.45) is 0 Å². The molecule has 0 aliphatic heterocycles. The van der Waals surface area contributed by atoms with Crippen LogP contribution in [0.15, 0.2) is 23.1 Å². The Morgan fingerprint density at radius 2 is 2.06 bits per heavy atom. The summed E-state index contributed by atoms with van der Waals surface area (Å²) in [5, 5.41) is 0.302. The van der Waals surface area contributed by atoms with Crippen molar-refractivity contribution in [2.45, 2.75) is 27.5 Å². The van der Waals surface area contributed by atoms with Gasteiger partial charge in [-0.2, -0.15) is 13.2 Å². The van der Waals surface area contributed by atoms with E-state index in [1.54, 1.807) is 6.07 Å². The summed E-state index contributed by atoms with van der Waals surface area (Å²) in [7, 11) is 0. The Kier molecular flexibility index (Phi) is 5.73. The van der Waals surface area contributed by atoms with E-state index in [-0.39, 0.29) is 22.4 Å². The van der Waals surface area contributed by atoms with E-state index in [0.717, 1.165) is 0 Å². The third kappa shape index (κ3) is 4.59. The molecular formula is C11H9Br2F3OS. The molecule has 1 nitrogen and oxygen atoms in total. The van der Waals surface area contributed by atoms with Gasteiger partial charge in [0.1, 0.15) is 5.78 Å². The van der Waals surface area contributed by atoms with Gasteiger partial charge in [0.15, 0.2) is 0 Å². The molecule has 18 heavy (non-hydrogen) atoms. The minimum atomic E-state index is -4.31. The van der Waals surface area contributed by atoms with Crippen molar-refractivity contribution >= 4 is 49.4 Å². The minimum absolute atomic E-state index is 0.0910. The van der Waals surface area contributed by atoms with Gasteiger partial charge in [-0.1, -0.05) is 44.0 Å².